The van der Waals surface area contributed by atoms with E-state index in [0.717, 1.165) is 29.5 Å². The monoisotopic (exact) mass is 245 g/mol. The lowest BCUT2D eigenvalue weighted by atomic mass is 10.3. The summed E-state index contributed by atoms with van der Waals surface area (Å²) in [6.45, 7) is 3.01. The van der Waals surface area contributed by atoms with Gasteiger partial charge in [0.15, 0.2) is 0 Å². The molecular formula is C10H13BrFN. The molecule has 0 bridgehead atoms. The second-order valence-electron chi connectivity index (χ2n) is 2.90. The van der Waals surface area contributed by atoms with Crippen molar-refractivity contribution in [1.29, 1.82) is 0 Å². The summed E-state index contributed by atoms with van der Waals surface area (Å²) in [6.07, 6.45) is 2.24. The molecule has 1 aromatic rings. The summed E-state index contributed by atoms with van der Waals surface area (Å²) in [6, 6.07) is 4.65. The first-order chi connectivity index (χ1) is 6.24. The van der Waals surface area contributed by atoms with Gasteiger partial charge in [-0.1, -0.05) is 13.3 Å². The highest BCUT2D eigenvalue weighted by molar-refractivity contribution is 9.10. The number of unbranched alkanes of at least 4 members (excludes halogenated alkanes) is 1. The maximum absolute atomic E-state index is 12.8. The average Bonchev–Trinajstić information content (AvgIpc) is 2.11. The van der Waals surface area contributed by atoms with Crippen molar-refractivity contribution in [3.8, 4) is 0 Å². The number of nitrogens with one attached hydrogen (secondary N) is 1. The van der Waals surface area contributed by atoms with Gasteiger partial charge >= 0.3 is 0 Å². The lowest BCUT2D eigenvalue weighted by molar-refractivity contribution is 0.628. The Morgan fingerprint density at radius 2 is 2.23 bits per heavy atom. The van der Waals surface area contributed by atoms with E-state index >= 15 is 0 Å². The van der Waals surface area contributed by atoms with Crippen LogP contribution in [0.5, 0.6) is 0 Å². The minimum atomic E-state index is -0.206. The lowest BCUT2D eigenvalue weighted by Crippen LogP contribution is -2.01. The van der Waals surface area contributed by atoms with Gasteiger partial charge in [0.05, 0.1) is 5.69 Å². The van der Waals surface area contributed by atoms with Gasteiger partial charge < -0.3 is 5.32 Å². The summed E-state index contributed by atoms with van der Waals surface area (Å²) in [5, 5.41) is 3.17. The van der Waals surface area contributed by atoms with Crippen LogP contribution in [0, 0.1) is 5.82 Å². The van der Waals surface area contributed by atoms with Crippen molar-refractivity contribution >= 4 is 21.6 Å². The molecule has 0 heterocycles. The first-order valence-corrected chi connectivity index (χ1v) is 5.22. The fourth-order valence-corrected chi connectivity index (χ4v) is 1.42. The second kappa shape index (κ2) is 5.22. The number of benzene rings is 1. The molecule has 1 rings (SSSR count). The number of rotatable bonds is 4. The van der Waals surface area contributed by atoms with E-state index in [2.05, 4.69) is 28.2 Å². The van der Waals surface area contributed by atoms with Gasteiger partial charge in [0.25, 0.3) is 0 Å². The number of anilines is 1. The van der Waals surface area contributed by atoms with Crippen molar-refractivity contribution in [2.75, 3.05) is 11.9 Å². The van der Waals surface area contributed by atoms with Crippen molar-refractivity contribution in [3.05, 3.63) is 28.5 Å². The normalized spacial score (nSPS) is 10.1. The van der Waals surface area contributed by atoms with Gasteiger partial charge in [-0.3, -0.25) is 0 Å². The Labute approximate surface area is 86.5 Å². The maximum atomic E-state index is 12.8. The van der Waals surface area contributed by atoms with Crippen LogP contribution in [0.1, 0.15) is 19.8 Å². The Kier molecular flexibility index (Phi) is 4.22. The molecule has 0 saturated carbocycles. The molecule has 3 heteroatoms. The van der Waals surface area contributed by atoms with Crippen LogP contribution in [-0.2, 0) is 0 Å². The molecule has 0 aliphatic rings. The topological polar surface area (TPSA) is 12.0 Å². The van der Waals surface area contributed by atoms with Crippen molar-refractivity contribution in [3.63, 3.8) is 0 Å². The molecule has 0 atom stereocenters. The van der Waals surface area contributed by atoms with E-state index in [4.69, 9.17) is 0 Å². The number of hydrogen-bond acceptors (Lipinski definition) is 1. The Morgan fingerprint density at radius 3 is 2.92 bits per heavy atom. The second-order valence-corrected chi connectivity index (χ2v) is 3.76. The van der Waals surface area contributed by atoms with Crippen LogP contribution in [0.3, 0.4) is 0 Å². The molecular weight excluding hydrogens is 233 g/mol. The molecule has 1 aromatic carbocycles. The van der Waals surface area contributed by atoms with Crippen LogP contribution >= 0.6 is 15.9 Å². The standard InChI is InChI=1S/C10H13BrFN/c1-2-3-6-13-10-7-8(12)4-5-9(10)11/h4-5,7,13H,2-3,6H2,1H3. The SMILES string of the molecule is CCCCNc1cc(F)ccc1Br. The average molecular weight is 246 g/mol. The van der Waals surface area contributed by atoms with Gasteiger partial charge in [-0.15, -0.1) is 0 Å². The van der Waals surface area contributed by atoms with Gasteiger partial charge in [-0.05, 0) is 40.5 Å². The fourth-order valence-electron chi connectivity index (χ4n) is 1.03. The van der Waals surface area contributed by atoms with Crippen molar-refractivity contribution in [2.45, 2.75) is 19.8 Å². The zero-order valence-electron chi connectivity index (χ0n) is 7.61. The first kappa shape index (κ1) is 10.5. The zero-order valence-corrected chi connectivity index (χ0v) is 9.20. The van der Waals surface area contributed by atoms with E-state index in [1.54, 1.807) is 6.07 Å². The Hall–Kier alpha value is -0.570. The van der Waals surface area contributed by atoms with E-state index in [1.807, 2.05) is 0 Å². The molecule has 0 aromatic heterocycles. The van der Waals surface area contributed by atoms with Crippen LogP contribution in [0.2, 0.25) is 0 Å². The highest BCUT2D eigenvalue weighted by Crippen LogP contribution is 2.22. The Balaban J connectivity index is 2.59. The minimum Gasteiger partial charge on any atom is -0.384 e. The van der Waals surface area contributed by atoms with Crippen LogP contribution in [0.25, 0.3) is 0 Å². The highest BCUT2D eigenvalue weighted by atomic mass is 79.9. The summed E-state index contributed by atoms with van der Waals surface area (Å²) in [5.41, 5.74) is 0.827. The lowest BCUT2D eigenvalue weighted by Gasteiger charge is -2.07. The minimum absolute atomic E-state index is 0.206. The molecule has 13 heavy (non-hydrogen) atoms. The largest absolute Gasteiger partial charge is 0.384 e. The molecule has 0 radical (unpaired) electrons. The van der Waals surface area contributed by atoms with Gasteiger partial charge in [-0.2, -0.15) is 0 Å². The molecule has 0 spiro atoms. The van der Waals surface area contributed by atoms with E-state index < -0.39 is 0 Å². The van der Waals surface area contributed by atoms with E-state index in [9.17, 15) is 4.39 Å². The van der Waals surface area contributed by atoms with Crippen molar-refractivity contribution in [1.82, 2.24) is 0 Å². The van der Waals surface area contributed by atoms with Crippen LogP contribution < -0.4 is 5.32 Å². The Bertz CT molecular complexity index is 276. The smallest absolute Gasteiger partial charge is 0.125 e. The molecule has 0 unspecified atom stereocenters. The van der Waals surface area contributed by atoms with Gasteiger partial charge in [0.1, 0.15) is 5.82 Å². The predicted molar refractivity (Wildman–Crippen MR) is 57.5 cm³/mol. The number of halogens is 2. The fraction of sp³-hybridized carbons (Fsp3) is 0.400. The quantitative estimate of drug-likeness (QED) is 0.796. The summed E-state index contributed by atoms with van der Waals surface area (Å²) < 4.78 is 13.7. The zero-order chi connectivity index (χ0) is 9.68. The molecule has 0 saturated heterocycles. The maximum Gasteiger partial charge on any atom is 0.125 e. The third-order valence-corrected chi connectivity index (χ3v) is 2.47. The van der Waals surface area contributed by atoms with Crippen LogP contribution in [-0.4, -0.2) is 6.54 Å². The highest BCUT2D eigenvalue weighted by Gasteiger charge is 1.99. The van der Waals surface area contributed by atoms with E-state index in [0.29, 0.717) is 0 Å². The van der Waals surface area contributed by atoms with Gasteiger partial charge in [-0.25, -0.2) is 4.39 Å². The molecule has 72 valence electrons. The van der Waals surface area contributed by atoms with Gasteiger partial charge in [0.2, 0.25) is 0 Å². The summed E-state index contributed by atoms with van der Waals surface area (Å²) >= 11 is 3.35. The van der Waals surface area contributed by atoms with Crippen molar-refractivity contribution in [2.24, 2.45) is 0 Å². The molecule has 0 amide bonds. The molecule has 0 aliphatic carbocycles. The molecule has 1 nitrogen and oxygen atoms in total. The summed E-state index contributed by atoms with van der Waals surface area (Å²) in [4.78, 5) is 0. The molecule has 1 N–H and O–H groups in total. The molecule has 0 fully saturated rings. The molecule has 0 aliphatic heterocycles. The predicted octanol–water partition coefficient (Wildman–Crippen LogP) is 3.80. The van der Waals surface area contributed by atoms with Crippen molar-refractivity contribution < 1.29 is 4.39 Å². The number of hydrogen-bond donors (Lipinski definition) is 1. The summed E-state index contributed by atoms with van der Waals surface area (Å²) in [7, 11) is 0. The van der Waals surface area contributed by atoms with E-state index in [-0.39, 0.29) is 5.82 Å². The van der Waals surface area contributed by atoms with Gasteiger partial charge in [0, 0.05) is 11.0 Å². The Morgan fingerprint density at radius 1 is 1.46 bits per heavy atom. The summed E-state index contributed by atoms with van der Waals surface area (Å²) in [5.74, 6) is -0.206. The van der Waals surface area contributed by atoms with E-state index in [1.165, 1.54) is 12.1 Å². The first-order valence-electron chi connectivity index (χ1n) is 4.43. The third-order valence-electron chi connectivity index (χ3n) is 1.77. The van der Waals surface area contributed by atoms with Crippen LogP contribution in [0.15, 0.2) is 22.7 Å². The van der Waals surface area contributed by atoms with Crippen LogP contribution in [0.4, 0.5) is 10.1 Å². The third kappa shape index (κ3) is 3.35.